The third kappa shape index (κ3) is 18.3. The van der Waals surface area contributed by atoms with Crippen molar-refractivity contribution in [2.75, 3.05) is 66.2 Å². The van der Waals surface area contributed by atoms with Gasteiger partial charge in [0.2, 0.25) is 5.69 Å². The summed E-state index contributed by atoms with van der Waals surface area (Å²) in [5.41, 5.74) is 8.15. The topological polar surface area (TPSA) is 180 Å². The normalized spacial score (nSPS) is 15.4. The molecule has 0 bridgehead atoms. The second-order valence-electron chi connectivity index (χ2n) is 26.8. The van der Waals surface area contributed by atoms with Crippen LogP contribution in [0.15, 0.2) is 234 Å². The highest BCUT2D eigenvalue weighted by Gasteiger charge is 2.46. The van der Waals surface area contributed by atoms with Crippen LogP contribution in [0.4, 0.5) is 11.4 Å². The van der Waals surface area contributed by atoms with Crippen LogP contribution in [0.2, 0.25) is 0 Å². The number of aryl methyl sites for hydroxylation is 3. The van der Waals surface area contributed by atoms with Crippen molar-refractivity contribution >= 4 is 25.6 Å². The number of hydrogen-bond acceptors (Lipinski definition) is 15. The maximum Gasteiger partial charge on any atom is 0.330 e. The Hall–Kier alpha value is -9.93. The molecule has 0 spiro atoms. The van der Waals surface area contributed by atoms with E-state index in [2.05, 4.69) is 185 Å². The van der Waals surface area contributed by atoms with Gasteiger partial charge in [-0.1, -0.05) is 115 Å². The second kappa shape index (κ2) is 36.9. The lowest BCUT2D eigenvalue weighted by atomic mass is 9.79. The lowest BCUT2D eigenvalue weighted by Crippen LogP contribution is -2.39. The average molecular weight is 1450 g/mol. The van der Waals surface area contributed by atoms with Gasteiger partial charge in [-0.05, 0) is 193 Å². The smallest absolute Gasteiger partial charge is 0.330 e. The van der Waals surface area contributed by atoms with Crippen molar-refractivity contribution in [2.24, 2.45) is 0 Å². The molecule has 8 aromatic carbocycles. The standard InChI is InChI=1S/C87H99N6O12P/c1-15-90(79-33-18-16-25-62(79)6)65(9)27-20-28-66(10)91(80-34-19-17-26-63(80)7)52-24-53-100-86(67-35-43-73(96-11)44-36-67,68-37-45-74(97-12)46-38-68)71-29-21-31-77(55-71)103-78-32-22-30-72(56-78)87(69-39-47-75(98-13)48-40-69,70-41-49-76(99-14)50-42-70)101-59-82-81(57-83(104-82)92-58-64(8)84(94)89-85(92)95)105-106(102-54-23-51-88)93(60(2)3)61(4)5/h16-22,25-50,55-56,58,60-61,81-83H,15,23-24,52-54,57,59H2,1-14H3/p+1/t81-,82-,83-,106?/m1/s1. The number of nitrogens with zero attached hydrogens (tertiary/aromatic N) is 5. The number of benzene rings is 8. The van der Waals surface area contributed by atoms with Crippen LogP contribution in [0.3, 0.4) is 0 Å². The summed E-state index contributed by atoms with van der Waals surface area (Å²) < 4.78 is 72.0. The fourth-order valence-electron chi connectivity index (χ4n) is 13.8. The van der Waals surface area contributed by atoms with Gasteiger partial charge >= 0.3 is 5.69 Å². The van der Waals surface area contributed by atoms with Crippen molar-refractivity contribution in [1.29, 1.82) is 5.26 Å². The van der Waals surface area contributed by atoms with Crippen molar-refractivity contribution in [3.8, 4) is 40.6 Å². The van der Waals surface area contributed by atoms with E-state index in [1.807, 2.05) is 115 Å². The number of H-pyrrole nitrogens is 1. The monoisotopic (exact) mass is 1450 g/mol. The molecule has 9 aromatic rings. The van der Waals surface area contributed by atoms with Crippen molar-refractivity contribution in [1.82, 2.24) is 14.2 Å². The molecule has 2 heterocycles. The predicted octanol–water partition coefficient (Wildman–Crippen LogP) is 17.7. The molecule has 106 heavy (non-hydrogen) atoms. The molecule has 1 unspecified atom stereocenters. The fraction of sp³-hybridized carbons (Fsp3) is 0.333. The number of anilines is 1. The molecule has 0 aliphatic carbocycles. The van der Waals surface area contributed by atoms with E-state index >= 15 is 0 Å². The van der Waals surface area contributed by atoms with Gasteiger partial charge in [0.15, 0.2) is 5.71 Å². The minimum atomic E-state index is -1.81. The number of aromatic nitrogens is 2. The Morgan fingerprint density at radius 1 is 0.642 bits per heavy atom. The molecular formula is C87H100N6O12P+. The molecule has 0 saturated carbocycles. The van der Waals surface area contributed by atoms with Gasteiger partial charge in [-0.15, -0.1) is 0 Å². The summed E-state index contributed by atoms with van der Waals surface area (Å²) >= 11 is 0. The molecule has 1 aliphatic heterocycles. The zero-order valence-corrected chi connectivity index (χ0v) is 64.3. The zero-order valence-electron chi connectivity index (χ0n) is 63.4. The van der Waals surface area contributed by atoms with Crippen molar-refractivity contribution in [3.63, 3.8) is 0 Å². The number of hydrogen-bond donors (Lipinski definition) is 1. The quantitative estimate of drug-likeness (QED) is 0.00989. The Balaban J connectivity index is 1.04. The van der Waals surface area contributed by atoms with Crippen molar-refractivity contribution in [3.05, 3.63) is 295 Å². The van der Waals surface area contributed by atoms with E-state index in [-0.39, 0.29) is 38.1 Å². The summed E-state index contributed by atoms with van der Waals surface area (Å²) in [6, 6.07) is 66.6. The van der Waals surface area contributed by atoms with Crippen LogP contribution in [0, 0.1) is 32.1 Å². The number of rotatable bonds is 35. The van der Waals surface area contributed by atoms with Gasteiger partial charge < -0.3 is 51.8 Å². The van der Waals surface area contributed by atoms with E-state index in [1.165, 1.54) is 22.0 Å². The number of ether oxygens (including phenoxy) is 8. The van der Waals surface area contributed by atoms with Crippen LogP contribution >= 0.6 is 8.53 Å². The van der Waals surface area contributed by atoms with Gasteiger partial charge in [0.05, 0.1) is 66.9 Å². The SMILES string of the molecule is CC\[N+](=C(C)/C=C/C=C(\C)N(CCCOC(c1ccc(OC)cc1)(c1ccc(OC)cc1)c1cccc(Oc2cccc(C(OC[C@H]3O[C@@H](n4cc(C)c(=O)[nH]c4=O)C[C@H]3OP(OCCC#N)N(C(C)C)C(C)C)(c3ccc(OC)cc3)c3ccc(OC)cc3)c2)c1)c1ccccc1C)c1ccccc1C. The van der Waals surface area contributed by atoms with Crippen molar-refractivity contribution in [2.45, 2.75) is 130 Å². The van der Waals surface area contributed by atoms with E-state index in [1.54, 1.807) is 35.4 Å². The van der Waals surface area contributed by atoms with Crippen LogP contribution in [0.25, 0.3) is 0 Å². The summed E-state index contributed by atoms with van der Waals surface area (Å²) in [4.78, 5) is 31.4. The highest BCUT2D eigenvalue weighted by molar-refractivity contribution is 7.44. The highest BCUT2D eigenvalue weighted by Crippen LogP contribution is 2.52. The zero-order chi connectivity index (χ0) is 75.5. The van der Waals surface area contributed by atoms with E-state index in [9.17, 15) is 14.9 Å². The Bertz CT molecular complexity index is 4540. The summed E-state index contributed by atoms with van der Waals surface area (Å²) in [6.07, 6.45) is 6.52. The van der Waals surface area contributed by atoms with Crippen molar-refractivity contribution < 1.29 is 51.5 Å². The van der Waals surface area contributed by atoms with Gasteiger partial charge in [-0.3, -0.25) is 14.3 Å². The maximum absolute atomic E-state index is 13.7. The number of allylic oxidation sites excluding steroid dienone is 4. The summed E-state index contributed by atoms with van der Waals surface area (Å²) in [5.74, 6) is 3.68. The second-order valence-corrected chi connectivity index (χ2v) is 28.2. The van der Waals surface area contributed by atoms with Gasteiger partial charge in [0.25, 0.3) is 14.1 Å². The first kappa shape index (κ1) is 78.7. The largest absolute Gasteiger partial charge is 0.497 e. The third-order valence-electron chi connectivity index (χ3n) is 19.2. The molecule has 1 N–H and O–H groups in total. The van der Waals surface area contributed by atoms with Gasteiger partial charge in [0.1, 0.15) is 64.6 Å². The number of para-hydroxylation sites is 2. The van der Waals surface area contributed by atoms with Crippen LogP contribution in [-0.4, -0.2) is 110 Å². The van der Waals surface area contributed by atoms with E-state index in [0.29, 0.717) is 65.2 Å². The molecule has 19 heteroatoms. The molecule has 0 radical (unpaired) electrons. The predicted molar refractivity (Wildman–Crippen MR) is 420 cm³/mol. The first-order valence-corrected chi connectivity index (χ1v) is 37.2. The van der Waals surface area contributed by atoms with Gasteiger partial charge in [0, 0.05) is 72.8 Å². The molecule has 1 aliphatic rings. The molecule has 18 nitrogen and oxygen atoms in total. The lowest BCUT2D eigenvalue weighted by Gasteiger charge is -2.39. The maximum atomic E-state index is 13.7. The van der Waals surface area contributed by atoms with E-state index in [0.717, 1.165) is 57.0 Å². The Labute approximate surface area is 625 Å². The minimum absolute atomic E-state index is 0.0153. The molecule has 1 aromatic heterocycles. The molecular weight excluding hydrogens is 1350 g/mol. The average Bonchev–Trinajstić information content (AvgIpc) is 0.879. The molecule has 10 rings (SSSR count). The lowest BCUT2D eigenvalue weighted by molar-refractivity contribution is -0.436. The first-order chi connectivity index (χ1) is 51.3. The van der Waals surface area contributed by atoms with Crippen LogP contribution in [-0.2, 0) is 34.5 Å². The highest BCUT2D eigenvalue weighted by atomic mass is 31.2. The van der Waals surface area contributed by atoms with Gasteiger partial charge in [-0.25, -0.2) is 9.46 Å². The van der Waals surface area contributed by atoms with Crippen LogP contribution < -0.4 is 39.8 Å². The summed E-state index contributed by atoms with van der Waals surface area (Å²) in [7, 11) is 4.76. The summed E-state index contributed by atoms with van der Waals surface area (Å²) in [5, 5.41) is 9.66. The molecule has 0 amide bonds. The number of aromatic amines is 1. The Morgan fingerprint density at radius 3 is 1.64 bits per heavy atom. The first-order valence-electron chi connectivity index (χ1n) is 36.1. The number of methoxy groups -OCH3 is 4. The van der Waals surface area contributed by atoms with Crippen LogP contribution in [0.5, 0.6) is 34.5 Å². The van der Waals surface area contributed by atoms with Gasteiger partial charge in [-0.2, -0.15) is 9.84 Å². The van der Waals surface area contributed by atoms with E-state index in [4.69, 9.17) is 46.9 Å². The Morgan fingerprint density at radius 2 is 1.15 bits per heavy atom. The van der Waals surface area contributed by atoms with Crippen LogP contribution in [0.1, 0.15) is 124 Å². The molecule has 1 saturated heterocycles. The number of nitriles is 1. The molecule has 554 valence electrons. The molecule has 4 atom stereocenters. The molecule has 1 fully saturated rings. The van der Waals surface area contributed by atoms with E-state index < -0.39 is 49.4 Å². The number of nitrogens with one attached hydrogen (secondary N) is 1. The minimum Gasteiger partial charge on any atom is -0.497 e. The fourth-order valence-corrected chi connectivity index (χ4v) is 15.6. The Kier molecular flexibility index (Phi) is 27.4. The summed E-state index contributed by atoms with van der Waals surface area (Å²) in [6.45, 7) is 22.6. The third-order valence-corrected chi connectivity index (χ3v) is 21.3.